The third-order valence-corrected chi connectivity index (χ3v) is 3.33. The van der Waals surface area contributed by atoms with Crippen LogP contribution in [0.5, 0.6) is 0 Å². The number of amides is 1. The second kappa shape index (κ2) is 5.68. The van der Waals surface area contributed by atoms with Crippen LogP contribution in [0.1, 0.15) is 10.6 Å². The summed E-state index contributed by atoms with van der Waals surface area (Å²) in [4.78, 5) is 12.1. The van der Waals surface area contributed by atoms with E-state index >= 15 is 0 Å². The first-order valence-corrected chi connectivity index (χ1v) is 6.88. The molecule has 0 bridgehead atoms. The summed E-state index contributed by atoms with van der Waals surface area (Å²) in [5, 5.41) is 3.53. The Morgan fingerprint density at radius 3 is 2.52 bits per heavy atom. The van der Waals surface area contributed by atoms with E-state index in [4.69, 9.17) is 27.6 Å². The number of carbonyl (C=O) groups excluding carboxylic acids is 1. The van der Waals surface area contributed by atoms with Crippen LogP contribution in [0.25, 0.3) is 5.69 Å². The number of hydrogen-bond acceptors (Lipinski definition) is 2. The molecule has 0 radical (unpaired) electrons. The van der Waals surface area contributed by atoms with Gasteiger partial charge in [-0.3, -0.25) is 4.79 Å². The zero-order valence-corrected chi connectivity index (χ0v) is 12.2. The van der Waals surface area contributed by atoms with Gasteiger partial charge in [-0.05, 0) is 54.1 Å². The predicted molar refractivity (Wildman–Crippen MR) is 82.5 cm³/mol. The molecule has 3 rings (SSSR count). The van der Waals surface area contributed by atoms with Crippen molar-refractivity contribution in [1.29, 1.82) is 0 Å². The molecule has 2 aromatic heterocycles. The van der Waals surface area contributed by atoms with Crippen LogP contribution in [0.2, 0.25) is 10.2 Å². The molecule has 21 heavy (non-hydrogen) atoms. The number of benzene rings is 1. The summed E-state index contributed by atoms with van der Waals surface area (Å²) in [6.07, 6.45) is 3.73. The minimum atomic E-state index is -0.377. The van der Waals surface area contributed by atoms with Crippen LogP contribution in [-0.2, 0) is 0 Å². The molecule has 0 aliphatic heterocycles. The Bertz CT molecular complexity index is 779. The Hall–Kier alpha value is -2.17. The van der Waals surface area contributed by atoms with E-state index in [-0.39, 0.29) is 16.9 Å². The maximum absolute atomic E-state index is 12.1. The normalized spacial score (nSPS) is 10.6. The SMILES string of the molecule is O=C(Nc1ccc(Cl)cc1-n1cccc1)c1ccc(Cl)o1. The van der Waals surface area contributed by atoms with Gasteiger partial charge in [-0.25, -0.2) is 0 Å². The van der Waals surface area contributed by atoms with Crippen molar-refractivity contribution >= 4 is 34.8 Å². The van der Waals surface area contributed by atoms with Gasteiger partial charge in [0.1, 0.15) is 0 Å². The number of nitrogens with zero attached hydrogens (tertiary/aromatic N) is 1. The predicted octanol–water partition coefficient (Wildman–Crippen LogP) is 4.63. The van der Waals surface area contributed by atoms with Gasteiger partial charge in [-0.1, -0.05) is 11.6 Å². The van der Waals surface area contributed by atoms with E-state index in [0.717, 1.165) is 5.69 Å². The number of rotatable bonds is 3. The summed E-state index contributed by atoms with van der Waals surface area (Å²) in [5.74, 6) is -0.231. The number of aromatic nitrogens is 1. The van der Waals surface area contributed by atoms with Crippen molar-refractivity contribution < 1.29 is 9.21 Å². The standard InChI is InChI=1S/C15H10Cl2N2O2/c16-10-3-4-11(12(9-10)19-7-1-2-8-19)18-15(20)13-5-6-14(17)21-13/h1-9H,(H,18,20). The molecule has 1 aromatic carbocycles. The quantitative estimate of drug-likeness (QED) is 0.764. The molecular weight excluding hydrogens is 311 g/mol. The van der Waals surface area contributed by atoms with E-state index in [1.165, 1.54) is 12.1 Å². The van der Waals surface area contributed by atoms with Gasteiger partial charge < -0.3 is 14.3 Å². The molecule has 0 aliphatic carbocycles. The lowest BCUT2D eigenvalue weighted by molar-refractivity contribution is 0.0996. The van der Waals surface area contributed by atoms with Crippen LogP contribution in [0.3, 0.4) is 0 Å². The van der Waals surface area contributed by atoms with Crippen LogP contribution in [0.4, 0.5) is 5.69 Å². The highest BCUT2D eigenvalue weighted by Gasteiger charge is 2.13. The lowest BCUT2D eigenvalue weighted by atomic mass is 10.2. The number of anilines is 1. The highest BCUT2D eigenvalue weighted by Crippen LogP contribution is 2.25. The Morgan fingerprint density at radius 1 is 1.10 bits per heavy atom. The largest absolute Gasteiger partial charge is 0.440 e. The fourth-order valence-electron chi connectivity index (χ4n) is 1.94. The van der Waals surface area contributed by atoms with Gasteiger partial charge in [-0.15, -0.1) is 0 Å². The Labute approximate surface area is 130 Å². The molecule has 106 valence electrons. The van der Waals surface area contributed by atoms with E-state index in [0.29, 0.717) is 10.7 Å². The van der Waals surface area contributed by atoms with Crippen LogP contribution in [0, 0.1) is 0 Å². The van der Waals surface area contributed by atoms with E-state index in [2.05, 4.69) is 5.32 Å². The molecule has 0 aliphatic rings. The summed E-state index contributed by atoms with van der Waals surface area (Å²) < 4.78 is 6.95. The fourth-order valence-corrected chi connectivity index (χ4v) is 2.25. The van der Waals surface area contributed by atoms with E-state index in [1.54, 1.807) is 18.2 Å². The first-order chi connectivity index (χ1) is 10.1. The number of carbonyl (C=O) groups is 1. The lowest BCUT2D eigenvalue weighted by Crippen LogP contribution is -2.12. The van der Waals surface area contributed by atoms with Gasteiger partial charge in [0.05, 0.1) is 11.4 Å². The number of furan rings is 1. The van der Waals surface area contributed by atoms with E-state index < -0.39 is 0 Å². The topological polar surface area (TPSA) is 47.2 Å². The van der Waals surface area contributed by atoms with Gasteiger partial charge >= 0.3 is 0 Å². The molecule has 1 N–H and O–H groups in total. The van der Waals surface area contributed by atoms with Crippen LogP contribution in [-0.4, -0.2) is 10.5 Å². The molecular formula is C15H10Cl2N2O2. The summed E-state index contributed by atoms with van der Waals surface area (Å²) in [7, 11) is 0. The van der Waals surface area contributed by atoms with Crippen molar-refractivity contribution in [2.45, 2.75) is 0 Å². The molecule has 0 atom stereocenters. The first kappa shape index (κ1) is 13.8. The van der Waals surface area contributed by atoms with Crippen molar-refractivity contribution in [3.8, 4) is 5.69 Å². The van der Waals surface area contributed by atoms with Gasteiger partial charge in [0, 0.05) is 17.4 Å². The summed E-state index contributed by atoms with van der Waals surface area (Å²) in [6.45, 7) is 0. The minimum absolute atomic E-state index is 0.147. The van der Waals surface area contributed by atoms with Gasteiger partial charge in [0.2, 0.25) is 0 Å². The van der Waals surface area contributed by atoms with Gasteiger partial charge in [0.15, 0.2) is 11.0 Å². The molecule has 1 amide bonds. The van der Waals surface area contributed by atoms with Crippen LogP contribution in [0.15, 0.2) is 59.3 Å². The smallest absolute Gasteiger partial charge is 0.291 e. The van der Waals surface area contributed by atoms with Crippen molar-refractivity contribution in [2.75, 3.05) is 5.32 Å². The molecule has 6 heteroatoms. The highest BCUT2D eigenvalue weighted by atomic mass is 35.5. The van der Waals surface area contributed by atoms with Gasteiger partial charge in [0.25, 0.3) is 5.91 Å². The maximum atomic E-state index is 12.1. The van der Waals surface area contributed by atoms with Crippen LogP contribution >= 0.6 is 23.2 Å². The Balaban J connectivity index is 1.94. The van der Waals surface area contributed by atoms with E-state index in [1.807, 2.05) is 29.1 Å². The molecule has 0 saturated heterocycles. The van der Waals surface area contributed by atoms with Crippen molar-refractivity contribution in [2.24, 2.45) is 0 Å². The third-order valence-electron chi connectivity index (χ3n) is 2.89. The van der Waals surface area contributed by atoms with E-state index in [9.17, 15) is 4.79 Å². The Kier molecular flexibility index (Phi) is 3.73. The molecule has 0 spiro atoms. The molecule has 2 heterocycles. The molecule has 3 aromatic rings. The van der Waals surface area contributed by atoms with Crippen molar-refractivity contribution in [1.82, 2.24) is 4.57 Å². The molecule has 0 unspecified atom stereocenters. The summed E-state index contributed by atoms with van der Waals surface area (Å²) >= 11 is 11.7. The summed E-state index contributed by atoms with van der Waals surface area (Å²) in [6, 6.07) is 12.0. The van der Waals surface area contributed by atoms with Gasteiger partial charge in [-0.2, -0.15) is 0 Å². The lowest BCUT2D eigenvalue weighted by Gasteiger charge is -2.12. The van der Waals surface area contributed by atoms with Crippen molar-refractivity contribution in [3.63, 3.8) is 0 Å². The number of halogens is 2. The number of nitrogens with one attached hydrogen (secondary N) is 1. The monoisotopic (exact) mass is 320 g/mol. The second-order valence-electron chi connectivity index (χ2n) is 4.31. The Morgan fingerprint density at radius 2 is 1.86 bits per heavy atom. The summed E-state index contributed by atoms with van der Waals surface area (Å²) in [5.41, 5.74) is 1.38. The fraction of sp³-hybridized carbons (Fsp3) is 0. The zero-order chi connectivity index (χ0) is 14.8. The zero-order valence-electron chi connectivity index (χ0n) is 10.7. The minimum Gasteiger partial charge on any atom is -0.440 e. The molecule has 4 nitrogen and oxygen atoms in total. The average molecular weight is 321 g/mol. The first-order valence-electron chi connectivity index (χ1n) is 6.13. The van der Waals surface area contributed by atoms with Crippen LogP contribution < -0.4 is 5.32 Å². The molecule has 0 fully saturated rings. The number of hydrogen-bond donors (Lipinski definition) is 1. The molecule has 0 saturated carbocycles. The average Bonchev–Trinajstić information content (AvgIpc) is 3.11. The third kappa shape index (κ3) is 2.96. The highest BCUT2D eigenvalue weighted by molar-refractivity contribution is 6.31. The second-order valence-corrected chi connectivity index (χ2v) is 5.12. The van der Waals surface area contributed by atoms with Crippen molar-refractivity contribution in [3.05, 3.63) is 70.9 Å². The maximum Gasteiger partial charge on any atom is 0.291 e.